The van der Waals surface area contributed by atoms with Crippen molar-refractivity contribution in [3.05, 3.63) is 30.2 Å². The maximum Gasteiger partial charge on any atom is 0.318 e. The van der Waals surface area contributed by atoms with Gasteiger partial charge in [-0.1, -0.05) is 5.16 Å². The lowest BCUT2D eigenvalue weighted by molar-refractivity contribution is 0.106. The van der Waals surface area contributed by atoms with E-state index in [1.54, 1.807) is 14.2 Å². The molecule has 146 valence electrons. The van der Waals surface area contributed by atoms with Gasteiger partial charge in [0, 0.05) is 32.4 Å². The van der Waals surface area contributed by atoms with Gasteiger partial charge < -0.3 is 24.2 Å². The zero-order chi connectivity index (χ0) is 19.2. The number of carbonyl (C=O) groups is 1. The molecule has 2 amide bonds. The highest BCUT2D eigenvalue weighted by atomic mass is 16.5. The molecule has 1 aliphatic heterocycles. The Kier molecular flexibility index (Phi) is 6.28. The van der Waals surface area contributed by atoms with Crippen molar-refractivity contribution >= 4 is 6.03 Å². The molecule has 2 heterocycles. The van der Waals surface area contributed by atoms with Gasteiger partial charge in [-0.2, -0.15) is 4.98 Å². The third kappa shape index (κ3) is 4.77. The Morgan fingerprint density at radius 1 is 1.30 bits per heavy atom. The maximum absolute atomic E-state index is 12.5. The summed E-state index contributed by atoms with van der Waals surface area (Å²) >= 11 is 0. The molecule has 1 saturated heterocycles. The monoisotopic (exact) mass is 374 g/mol. The minimum absolute atomic E-state index is 0.109. The summed E-state index contributed by atoms with van der Waals surface area (Å²) in [5, 5.41) is 6.94. The molecule has 8 heteroatoms. The number of ether oxygens (including phenoxy) is 2. The number of hydrogen-bond acceptors (Lipinski definition) is 6. The summed E-state index contributed by atoms with van der Waals surface area (Å²) in [6.07, 6.45) is 1.91. The summed E-state index contributed by atoms with van der Waals surface area (Å²) < 4.78 is 15.7. The Hall–Kier alpha value is -2.61. The first kappa shape index (κ1) is 19.2. The number of methoxy groups -OCH3 is 2. The van der Waals surface area contributed by atoms with Crippen LogP contribution in [-0.2, 0) is 4.74 Å². The summed E-state index contributed by atoms with van der Waals surface area (Å²) in [6, 6.07) is 6.92. The number of nitrogens with zero attached hydrogens (tertiary/aromatic N) is 3. The first-order valence-corrected chi connectivity index (χ1v) is 9.13. The van der Waals surface area contributed by atoms with Gasteiger partial charge in [0.15, 0.2) is 0 Å². The van der Waals surface area contributed by atoms with Crippen LogP contribution in [0.15, 0.2) is 28.8 Å². The highest BCUT2D eigenvalue weighted by molar-refractivity contribution is 5.74. The third-order valence-corrected chi connectivity index (χ3v) is 4.80. The molecule has 1 N–H and O–H groups in total. The van der Waals surface area contributed by atoms with E-state index in [2.05, 4.69) is 15.5 Å². The lowest BCUT2D eigenvalue weighted by Gasteiger charge is -2.32. The van der Waals surface area contributed by atoms with Crippen LogP contribution in [0.1, 0.15) is 31.7 Å². The molecular weight excluding hydrogens is 348 g/mol. The number of amides is 2. The largest absolute Gasteiger partial charge is 0.497 e. The first-order chi connectivity index (χ1) is 13.1. The van der Waals surface area contributed by atoms with E-state index in [4.69, 9.17) is 14.0 Å². The summed E-state index contributed by atoms with van der Waals surface area (Å²) in [4.78, 5) is 18.7. The van der Waals surface area contributed by atoms with E-state index in [0.717, 1.165) is 43.9 Å². The fraction of sp³-hybridized carbons (Fsp3) is 0.526. The van der Waals surface area contributed by atoms with E-state index in [-0.39, 0.29) is 12.1 Å². The van der Waals surface area contributed by atoms with Crippen LogP contribution in [0.5, 0.6) is 5.75 Å². The summed E-state index contributed by atoms with van der Waals surface area (Å²) in [5.74, 6) is 2.15. The van der Waals surface area contributed by atoms with Gasteiger partial charge in [0.1, 0.15) is 11.8 Å². The van der Waals surface area contributed by atoms with E-state index in [9.17, 15) is 4.79 Å². The van der Waals surface area contributed by atoms with Crippen molar-refractivity contribution in [2.24, 2.45) is 5.92 Å². The molecular formula is C19H26N4O4. The highest BCUT2D eigenvalue weighted by Crippen LogP contribution is 2.22. The van der Waals surface area contributed by atoms with Crippen molar-refractivity contribution in [3.8, 4) is 17.1 Å². The number of rotatable bonds is 6. The molecule has 1 fully saturated rings. The van der Waals surface area contributed by atoms with Gasteiger partial charge in [-0.3, -0.25) is 0 Å². The molecule has 2 aromatic rings. The molecule has 1 aliphatic rings. The molecule has 1 aromatic heterocycles. The van der Waals surface area contributed by atoms with Crippen molar-refractivity contribution in [2.75, 3.05) is 33.9 Å². The number of piperidine rings is 1. The Balaban J connectivity index is 1.56. The molecule has 1 aromatic carbocycles. The SMILES string of the molecule is COCC1CCN(C(=O)N[C@@H](C)c2nc(-c3ccc(OC)cc3)no2)CC1. The average Bonchev–Trinajstić information content (AvgIpc) is 3.19. The predicted octanol–water partition coefficient (Wildman–Crippen LogP) is 2.87. The van der Waals surface area contributed by atoms with Gasteiger partial charge in [0.2, 0.25) is 11.7 Å². The van der Waals surface area contributed by atoms with Crippen LogP contribution in [0.2, 0.25) is 0 Å². The van der Waals surface area contributed by atoms with Crippen molar-refractivity contribution < 1.29 is 18.8 Å². The van der Waals surface area contributed by atoms with E-state index in [1.807, 2.05) is 36.1 Å². The van der Waals surface area contributed by atoms with Crippen LogP contribution >= 0.6 is 0 Å². The molecule has 3 rings (SSSR count). The summed E-state index contributed by atoms with van der Waals surface area (Å²) in [6.45, 7) is 4.05. The van der Waals surface area contributed by atoms with Crippen molar-refractivity contribution in [3.63, 3.8) is 0 Å². The molecule has 1 atom stereocenters. The molecule has 0 aliphatic carbocycles. The van der Waals surface area contributed by atoms with Crippen LogP contribution in [0.4, 0.5) is 4.79 Å². The summed E-state index contributed by atoms with van der Waals surface area (Å²) in [7, 11) is 3.33. The van der Waals surface area contributed by atoms with Crippen LogP contribution in [0, 0.1) is 5.92 Å². The fourth-order valence-electron chi connectivity index (χ4n) is 3.15. The lowest BCUT2D eigenvalue weighted by Crippen LogP contribution is -2.45. The number of benzene rings is 1. The zero-order valence-corrected chi connectivity index (χ0v) is 16.0. The van der Waals surface area contributed by atoms with Gasteiger partial charge in [-0.15, -0.1) is 0 Å². The van der Waals surface area contributed by atoms with Gasteiger partial charge in [-0.25, -0.2) is 4.79 Å². The van der Waals surface area contributed by atoms with Crippen LogP contribution in [0.25, 0.3) is 11.4 Å². The molecule has 0 unspecified atom stereocenters. The van der Waals surface area contributed by atoms with Crippen molar-refractivity contribution in [1.29, 1.82) is 0 Å². The Morgan fingerprint density at radius 3 is 2.63 bits per heavy atom. The number of nitrogens with one attached hydrogen (secondary N) is 1. The Bertz CT molecular complexity index is 738. The predicted molar refractivity (Wildman–Crippen MR) is 99.4 cm³/mol. The molecule has 27 heavy (non-hydrogen) atoms. The van der Waals surface area contributed by atoms with Gasteiger partial charge >= 0.3 is 6.03 Å². The quantitative estimate of drug-likeness (QED) is 0.836. The van der Waals surface area contributed by atoms with Crippen LogP contribution < -0.4 is 10.1 Å². The van der Waals surface area contributed by atoms with Crippen molar-refractivity contribution in [2.45, 2.75) is 25.8 Å². The fourth-order valence-corrected chi connectivity index (χ4v) is 3.15. The second kappa shape index (κ2) is 8.85. The third-order valence-electron chi connectivity index (χ3n) is 4.80. The Labute approximate surface area is 158 Å². The van der Waals surface area contributed by atoms with Crippen molar-refractivity contribution in [1.82, 2.24) is 20.4 Å². The van der Waals surface area contributed by atoms with Gasteiger partial charge in [0.05, 0.1) is 7.11 Å². The van der Waals surface area contributed by atoms with Gasteiger partial charge in [-0.05, 0) is 49.9 Å². The van der Waals surface area contributed by atoms with E-state index in [1.165, 1.54) is 0 Å². The lowest BCUT2D eigenvalue weighted by atomic mass is 9.98. The summed E-state index contributed by atoms with van der Waals surface area (Å²) in [5.41, 5.74) is 0.824. The van der Waals surface area contributed by atoms with Gasteiger partial charge in [0.25, 0.3) is 0 Å². The van der Waals surface area contributed by atoms with Crippen LogP contribution in [0.3, 0.4) is 0 Å². The van der Waals surface area contributed by atoms with Crippen LogP contribution in [-0.4, -0.2) is 55.0 Å². The highest BCUT2D eigenvalue weighted by Gasteiger charge is 2.25. The molecule has 8 nitrogen and oxygen atoms in total. The number of aromatic nitrogens is 2. The number of carbonyl (C=O) groups excluding carboxylic acids is 1. The number of likely N-dealkylation sites (tertiary alicyclic amines) is 1. The minimum Gasteiger partial charge on any atom is -0.497 e. The second-order valence-corrected chi connectivity index (χ2v) is 6.74. The maximum atomic E-state index is 12.5. The standard InChI is InChI=1S/C19H26N4O4/c1-13(20-19(24)23-10-8-14(9-11-23)12-25-2)18-21-17(22-27-18)15-4-6-16(26-3)7-5-15/h4-7,13-14H,8-12H2,1-3H3,(H,20,24)/t13-/m0/s1. The topological polar surface area (TPSA) is 89.7 Å². The number of hydrogen-bond donors (Lipinski definition) is 1. The van der Waals surface area contributed by atoms with E-state index in [0.29, 0.717) is 17.6 Å². The smallest absolute Gasteiger partial charge is 0.318 e. The Morgan fingerprint density at radius 2 is 2.00 bits per heavy atom. The zero-order valence-electron chi connectivity index (χ0n) is 16.0. The second-order valence-electron chi connectivity index (χ2n) is 6.74. The first-order valence-electron chi connectivity index (χ1n) is 9.13. The van der Waals surface area contributed by atoms with E-state index >= 15 is 0 Å². The average molecular weight is 374 g/mol. The molecule has 0 bridgehead atoms. The molecule has 0 spiro atoms. The molecule has 0 saturated carbocycles. The van der Waals surface area contributed by atoms with E-state index < -0.39 is 0 Å². The minimum atomic E-state index is -0.367. The number of urea groups is 1. The normalized spacial score (nSPS) is 16.2. The molecule has 0 radical (unpaired) electrons.